The molecule has 0 aliphatic rings. The van der Waals surface area contributed by atoms with Crippen LogP contribution in [0, 0.1) is 0 Å². The third kappa shape index (κ3) is 4.96. The molecule has 3 aromatic rings. The van der Waals surface area contributed by atoms with Crippen LogP contribution in [0.1, 0.15) is 21.7 Å². The third-order valence-corrected chi connectivity index (χ3v) is 4.47. The van der Waals surface area contributed by atoms with E-state index in [0.717, 1.165) is 10.2 Å². The Hall–Kier alpha value is -2.84. The summed E-state index contributed by atoms with van der Waals surface area (Å²) in [6.07, 6.45) is -5.12. The second-order valence-corrected chi connectivity index (χ2v) is 6.57. The maximum absolute atomic E-state index is 13.2. The first-order chi connectivity index (χ1) is 13.8. The highest BCUT2D eigenvalue weighted by molar-refractivity contribution is 6.32. The lowest BCUT2D eigenvalue weighted by Crippen LogP contribution is -2.38. The summed E-state index contributed by atoms with van der Waals surface area (Å²) in [7, 11) is 1.40. The van der Waals surface area contributed by atoms with E-state index in [4.69, 9.17) is 16.3 Å². The fourth-order valence-electron chi connectivity index (χ4n) is 2.73. The molecule has 1 atom stereocenters. The summed E-state index contributed by atoms with van der Waals surface area (Å²) in [4.78, 5) is 12.8. The first-order valence-corrected chi connectivity index (χ1v) is 8.97. The summed E-state index contributed by atoms with van der Waals surface area (Å²) in [5, 5.41) is 6.31. The van der Waals surface area contributed by atoms with E-state index in [1.54, 1.807) is 12.1 Å². The minimum Gasteiger partial charge on any atom is -0.361 e. The number of hydrogen-bond acceptors (Lipinski definition) is 3. The molecule has 2 aromatic carbocycles. The second kappa shape index (κ2) is 8.67. The maximum atomic E-state index is 13.2. The van der Waals surface area contributed by atoms with Crippen LogP contribution >= 0.6 is 11.6 Å². The molecule has 3 rings (SSSR count). The minimum atomic E-state index is -4.72. The first-order valence-electron chi connectivity index (χ1n) is 8.59. The number of aromatic nitrogens is 2. The fourth-order valence-corrected chi connectivity index (χ4v) is 2.95. The van der Waals surface area contributed by atoms with Gasteiger partial charge in [-0.15, -0.1) is 0 Å². The van der Waals surface area contributed by atoms with Crippen molar-refractivity contribution in [3.8, 4) is 5.69 Å². The highest BCUT2D eigenvalue weighted by atomic mass is 35.5. The van der Waals surface area contributed by atoms with Crippen LogP contribution in [0.25, 0.3) is 5.69 Å². The van der Waals surface area contributed by atoms with Gasteiger partial charge in [-0.1, -0.05) is 54.1 Å². The average Bonchev–Trinajstić information content (AvgIpc) is 3.14. The number of amides is 1. The van der Waals surface area contributed by atoms with E-state index < -0.39 is 24.0 Å². The van der Waals surface area contributed by atoms with Gasteiger partial charge in [-0.05, 0) is 17.7 Å². The molecule has 0 aliphatic carbocycles. The molecule has 9 heteroatoms. The quantitative estimate of drug-likeness (QED) is 0.594. The van der Waals surface area contributed by atoms with Crippen molar-refractivity contribution in [1.29, 1.82) is 0 Å². The number of hydrogen-bond donors (Lipinski definition) is 1. The molecule has 1 aromatic heterocycles. The summed E-state index contributed by atoms with van der Waals surface area (Å²) in [5.74, 6) is -0.768. The van der Waals surface area contributed by atoms with Crippen LogP contribution in [0.4, 0.5) is 13.2 Å². The number of methoxy groups -OCH3 is 1. The van der Waals surface area contributed by atoms with Crippen molar-refractivity contribution < 1.29 is 22.7 Å². The van der Waals surface area contributed by atoms with Crippen LogP contribution < -0.4 is 5.32 Å². The number of carbonyl (C=O) groups excluding carboxylic acids is 1. The first kappa shape index (κ1) is 20.9. The minimum absolute atomic E-state index is 0.158. The summed E-state index contributed by atoms with van der Waals surface area (Å²) < 4.78 is 45.8. The van der Waals surface area contributed by atoms with Crippen LogP contribution in [0.5, 0.6) is 0 Å². The molecule has 0 saturated carbocycles. The van der Waals surface area contributed by atoms with Crippen molar-refractivity contribution in [3.63, 3.8) is 0 Å². The van der Waals surface area contributed by atoms with E-state index in [2.05, 4.69) is 10.4 Å². The van der Waals surface area contributed by atoms with E-state index in [1.807, 2.05) is 30.3 Å². The number of halogens is 4. The number of nitrogens with one attached hydrogen (secondary N) is 1. The standard InChI is InChI=1S/C20H17ClF3N3O2/c1-29-18(11-13-7-3-2-4-8-13)25-19(28)16-12-17(20(22,23)24)26-27(16)15-10-6-5-9-14(15)21/h2-10,12,18H,11H2,1H3,(H,25,28). The van der Waals surface area contributed by atoms with Crippen molar-refractivity contribution in [1.82, 2.24) is 15.1 Å². The van der Waals surface area contributed by atoms with E-state index >= 15 is 0 Å². The number of ether oxygens (including phenoxy) is 1. The highest BCUT2D eigenvalue weighted by Gasteiger charge is 2.36. The van der Waals surface area contributed by atoms with Crippen molar-refractivity contribution in [3.05, 3.63) is 82.6 Å². The van der Waals surface area contributed by atoms with Gasteiger partial charge in [0, 0.05) is 19.6 Å². The molecule has 0 spiro atoms. The largest absolute Gasteiger partial charge is 0.435 e. The number of alkyl halides is 3. The lowest BCUT2D eigenvalue weighted by molar-refractivity contribution is -0.141. The number of nitrogens with zero attached hydrogens (tertiary/aromatic N) is 2. The molecule has 152 valence electrons. The van der Waals surface area contributed by atoms with Gasteiger partial charge in [-0.3, -0.25) is 4.79 Å². The van der Waals surface area contributed by atoms with E-state index in [-0.39, 0.29) is 16.4 Å². The second-order valence-electron chi connectivity index (χ2n) is 6.16. The molecule has 0 saturated heterocycles. The maximum Gasteiger partial charge on any atom is 0.435 e. The van der Waals surface area contributed by atoms with Crippen molar-refractivity contribution in [2.75, 3.05) is 7.11 Å². The summed E-state index contributed by atoms with van der Waals surface area (Å²) in [6, 6.07) is 16.1. The molecular formula is C20H17ClF3N3O2. The summed E-state index contributed by atoms with van der Waals surface area (Å²) >= 11 is 6.10. The van der Waals surface area contributed by atoms with Crippen LogP contribution in [-0.2, 0) is 17.3 Å². The van der Waals surface area contributed by atoms with Gasteiger partial charge in [-0.25, -0.2) is 4.68 Å². The lowest BCUT2D eigenvalue weighted by atomic mass is 10.1. The van der Waals surface area contributed by atoms with Gasteiger partial charge in [0.2, 0.25) is 0 Å². The molecule has 1 heterocycles. The molecule has 1 N–H and O–H groups in total. The van der Waals surface area contributed by atoms with Crippen LogP contribution in [-0.4, -0.2) is 29.0 Å². The predicted molar refractivity (Wildman–Crippen MR) is 102 cm³/mol. The molecule has 29 heavy (non-hydrogen) atoms. The zero-order chi connectivity index (χ0) is 21.0. The zero-order valence-electron chi connectivity index (χ0n) is 15.3. The molecule has 0 bridgehead atoms. The molecular weight excluding hydrogens is 407 g/mol. The predicted octanol–water partition coefficient (Wildman–Crippen LogP) is 4.49. The average molecular weight is 424 g/mol. The van der Waals surface area contributed by atoms with E-state index in [0.29, 0.717) is 12.5 Å². The Morgan fingerprint density at radius 1 is 1.17 bits per heavy atom. The molecule has 0 radical (unpaired) electrons. The Morgan fingerprint density at radius 2 is 1.83 bits per heavy atom. The normalized spacial score (nSPS) is 12.6. The van der Waals surface area contributed by atoms with Gasteiger partial charge < -0.3 is 10.1 Å². The third-order valence-electron chi connectivity index (χ3n) is 4.15. The van der Waals surface area contributed by atoms with Gasteiger partial charge in [0.1, 0.15) is 11.9 Å². The molecule has 0 aliphatic heterocycles. The van der Waals surface area contributed by atoms with Gasteiger partial charge in [0.05, 0.1) is 10.7 Å². The summed E-state index contributed by atoms with van der Waals surface area (Å²) in [5.41, 5.74) is -0.442. The van der Waals surface area contributed by atoms with Gasteiger partial charge in [0.15, 0.2) is 5.69 Å². The number of benzene rings is 2. The zero-order valence-corrected chi connectivity index (χ0v) is 16.0. The topological polar surface area (TPSA) is 56.1 Å². The van der Waals surface area contributed by atoms with Gasteiger partial charge >= 0.3 is 6.18 Å². The molecule has 0 fully saturated rings. The Balaban J connectivity index is 1.92. The van der Waals surface area contributed by atoms with E-state index in [9.17, 15) is 18.0 Å². The van der Waals surface area contributed by atoms with Crippen molar-refractivity contribution in [2.45, 2.75) is 18.8 Å². The SMILES string of the molecule is COC(Cc1ccccc1)NC(=O)c1cc(C(F)(F)F)nn1-c1ccccc1Cl. The number of rotatable bonds is 6. The number of carbonyl (C=O) groups is 1. The summed E-state index contributed by atoms with van der Waals surface area (Å²) in [6.45, 7) is 0. The Labute approximate surface area is 170 Å². The molecule has 1 amide bonds. The van der Waals surface area contributed by atoms with Crippen LogP contribution in [0.3, 0.4) is 0 Å². The highest BCUT2D eigenvalue weighted by Crippen LogP contribution is 2.31. The fraction of sp³-hybridized carbons (Fsp3) is 0.200. The lowest BCUT2D eigenvalue weighted by Gasteiger charge is -2.18. The Bertz CT molecular complexity index is 990. The number of para-hydroxylation sites is 1. The molecule has 5 nitrogen and oxygen atoms in total. The van der Waals surface area contributed by atoms with Crippen LogP contribution in [0.15, 0.2) is 60.7 Å². The van der Waals surface area contributed by atoms with Gasteiger partial charge in [-0.2, -0.15) is 18.3 Å². The van der Waals surface area contributed by atoms with Crippen molar-refractivity contribution >= 4 is 17.5 Å². The van der Waals surface area contributed by atoms with E-state index in [1.165, 1.54) is 19.2 Å². The van der Waals surface area contributed by atoms with Crippen LogP contribution in [0.2, 0.25) is 5.02 Å². The Morgan fingerprint density at radius 3 is 2.45 bits per heavy atom. The van der Waals surface area contributed by atoms with Crippen molar-refractivity contribution in [2.24, 2.45) is 0 Å². The smallest absolute Gasteiger partial charge is 0.361 e. The Kier molecular flexibility index (Phi) is 6.24. The molecule has 1 unspecified atom stereocenters. The monoisotopic (exact) mass is 423 g/mol. The van der Waals surface area contributed by atoms with Gasteiger partial charge in [0.25, 0.3) is 5.91 Å².